The van der Waals surface area contributed by atoms with Crippen LogP contribution < -0.4 is 5.73 Å². The maximum absolute atomic E-state index is 6.11. The van der Waals surface area contributed by atoms with Gasteiger partial charge in [0.15, 0.2) is 5.82 Å². The zero-order valence-electron chi connectivity index (χ0n) is 12.2. The van der Waals surface area contributed by atoms with Crippen LogP contribution in [0.4, 0.5) is 5.82 Å². The first-order chi connectivity index (χ1) is 9.59. The van der Waals surface area contributed by atoms with Crippen molar-refractivity contribution in [2.45, 2.75) is 45.4 Å². The zero-order chi connectivity index (χ0) is 14.2. The molecule has 0 spiro atoms. The van der Waals surface area contributed by atoms with E-state index in [1.807, 2.05) is 12.1 Å². The minimum atomic E-state index is 0.291. The molecule has 2 aromatic heterocycles. The molecule has 1 saturated carbocycles. The lowest BCUT2D eigenvalue weighted by Crippen LogP contribution is -2.26. The molecule has 1 aliphatic rings. The van der Waals surface area contributed by atoms with Crippen LogP contribution in [0, 0.1) is 5.41 Å². The van der Waals surface area contributed by atoms with Gasteiger partial charge in [0, 0.05) is 29.6 Å². The summed E-state index contributed by atoms with van der Waals surface area (Å²) < 4.78 is 0. The summed E-state index contributed by atoms with van der Waals surface area (Å²) in [6.07, 6.45) is 8.66. The van der Waals surface area contributed by atoms with Gasteiger partial charge in [-0.3, -0.25) is 10.1 Å². The highest BCUT2D eigenvalue weighted by Gasteiger charge is 2.36. The standard InChI is InChI=1S/C16H22N4/c1-16(2)8-4-3-5-12(16)14-13(15(17)20-19-14)11-6-9-18-10-7-11/h6-7,9-10,12H,3-5,8H2,1-2H3,(H3,17,19,20). The monoisotopic (exact) mass is 270 g/mol. The summed E-state index contributed by atoms with van der Waals surface area (Å²) >= 11 is 0. The van der Waals surface area contributed by atoms with Crippen LogP contribution in [0.25, 0.3) is 11.1 Å². The third-order valence-electron chi connectivity index (χ3n) is 4.65. The topological polar surface area (TPSA) is 67.6 Å². The number of hydrogen-bond acceptors (Lipinski definition) is 3. The highest BCUT2D eigenvalue weighted by atomic mass is 15.2. The second kappa shape index (κ2) is 4.93. The second-order valence-corrected chi connectivity index (χ2v) is 6.42. The Morgan fingerprint density at radius 2 is 2.00 bits per heavy atom. The van der Waals surface area contributed by atoms with E-state index in [-0.39, 0.29) is 0 Å². The lowest BCUT2D eigenvalue weighted by Gasteiger charge is -2.38. The number of nitrogens with one attached hydrogen (secondary N) is 1. The first kappa shape index (κ1) is 13.2. The summed E-state index contributed by atoms with van der Waals surface area (Å²) in [5.74, 6) is 1.08. The molecule has 4 heteroatoms. The molecule has 0 radical (unpaired) electrons. The van der Waals surface area contributed by atoms with Gasteiger partial charge in [0.2, 0.25) is 0 Å². The fourth-order valence-corrected chi connectivity index (χ4v) is 3.47. The van der Waals surface area contributed by atoms with Gasteiger partial charge in [0.05, 0.1) is 0 Å². The smallest absolute Gasteiger partial charge is 0.153 e. The Morgan fingerprint density at radius 3 is 2.70 bits per heavy atom. The average Bonchev–Trinajstić information content (AvgIpc) is 2.81. The first-order valence-corrected chi connectivity index (χ1v) is 7.34. The number of aromatic nitrogens is 3. The van der Waals surface area contributed by atoms with E-state index >= 15 is 0 Å². The van der Waals surface area contributed by atoms with E-state index in [0.717, 1.165) is 11.1 Å². The number of nitrogen functional groups attached to an aromatic ring is 1. The molecule has 4 nitrogen and oxygen atoms in total. The molecule has 0 amide bonds. The molecule has 0 saturated heterocycles. The Balaban J connectivity index is 2.07. The summed E-state index contributed by atoms with van der Waals surface area (Å²) in [4.78, 5) is 4.08. The van der Waals surface area contributed by atoms with Gasteiger partial charge < -0.3 is 5.73 Å². The third kappa shape index (κ3) is 2.19. The average molecular weight is 270 g/mol. The molecular formula is C16H22N4. The molecular weight excluding hydrogens is 248 g/mol. The molecule has 20 heavy (non-hydrogen) atoms. The van der Waals surface area contributed by atoms with Gasteiger partial charge >= 0.3 is 0 Å². The lowest BCUT2D eigenvalue weighted by molar-refractivity contribution is 0.196. The fourth-order valence-electron chi connectivity index (χ4n) is 3.47. The van der Waals surface area contributed by atoms with Crippen molar-refractivity contribution < 1.29 is 0 Å². The molecule has 3 N–H and O–H groups in total. The van der Waals surface area contributed by atoms with Gasteiger partial charge in [-0.15, -0.1) is 0 Å². The van der Waals surface area contributed by atoms with Gasteiger partial charge in [-0.2, -0.15) is 5.10 Å². The number of aromatic amines is 1. The largest absolute Gasteiger partial charge is 0.382 e. The Hall–Kier alpha value is -1.84. The molecule has 2 heterocycles. The summed E-state index contributed by atoms with van der Waals surface area (Å²) in [7, 11) is 0. The Kier molecular flexibility index (Phi) is 3.24. The normalized spacial score (nSPS) is 21.8. The van der Waals surface area contributed by atoms with Gasteiger partial charge in [0.1, 0.15) is 0 Å². The Labute approximate surface area is 119 Å². The molecule has 0 aliphatic heterocycles. The number of hydrogen-bond donors (Lipinski definition) is 2. The van der Waals surface area contributed by atoms with Crippen LogP contribution in [0.3, 0.4) is 0 Å². The summed E-state index contributed by atoms with van der Waals surface area (Å²) in [5.41, 5.74) is 9.75. The quantitative estimate of drug-likeness (QED) is 0.873. The van der Waals surface area contributed by atoms with E-state index in [0.29, 0.717) is 17.2 Å². The summed E-state index contributed by atoms with van der Waals surface area (Å²) in [5, 5.41) is 7.47. The first-order valence-electron chi connectivity index (χ1n) is 7.34. The number of nitrogens with zero attached hydrogens (tertiary/aromatic N) is 2. The van der Waals surface area contributed by atoms with Crippen LogP contribution in [0.2, 0.25) is 0 Å². The third-order valence-corrected chi connectivity index (χ3v) is 4.65. The maximum Gasteiger partial charge on any atom is 0.153 e. The van der Waals surface area contributed by atoms with Crippen LogP contribution in [-0.2, 0) is 0 Å². The van der Waals surface area contributed by atoms with Crippen molar-refractivity contribution in [1.82, 2.24) is 15.2 Å². The molecule has 3 rings (SSSR count). The number of anilines is 1. The van der Waals surface area contributed by atoms with Crippen LogP contribution in [-0.4, -0.2) is 15.2 Å². The highest BCUT2D eigenvalue weighted by molar-refractivity contribution is 5.76. The van der Waals surface area contributed by atoms with E-state index in [1.165, 1.54) is 31.4 Å². The molecule has 1 atom stereocenters. The number of rotatable bonds is 2. The van der Waals surface area contributed by atoms with Gasteiger partial charge in [-0.1, -0.05) is 26.7 Å². The van der Waals surface area contributed by atoms with E-state index in [1.54, 1.807) is 12.4 Å². The molecule has 0 bridgehead atoms. The fraction of sp³-hybridized carbons (Fsp3) is 0.500. The zero-order valence-corrected chi connectivity index (χ0v) is 12.2. The predicted molar refractivity (Wildman–Crippen MR) is 81.2 cm³/mol. The van der Waals surface area contributed by atoms with E-state index in [4.69, 9.17) is 5.73 Å². The summed E-state index contributed by atoms with van der Waals surface area (Å²) in [6.45, 7) is 4.70. The van der Waals surface area contributed by atoms with Gasteiger partial charge in [0.25, 0.3) is 0 Å². The van der Waals surface area contributed by atoms with E-state index in [9.17, 15) is 0 Å². The molecule has 1 unspecified atom stereocenters. The van der Waals surface area contributed by atoms with E-state index in [2.05, 4.69) is 29.0 Å². The number of pyridine rings is 1. The summed E-state index contributed by atoms with van der Waals surface area (Å²) in [6, 6.07) is 4.00. The maximum atomic E-state index is 6.11. The van der Waals surface area contributed by atoms with Crippen molar-refractivity contribution >= 4 is 5.82 Å². The lowest BCUT2D eigenvalue weighted by atomic mass is 9.67. The molecule has 0 aromatic carbocycles. The SMILES string of the molecule is CC1(C)CCCCC1c1[nH]nc(N)c1-c1ccncc1. The predicted octanol–water partition coefficient (Wildman–Crippen LogP) is 3.74. The minimum absolute atomic E-state index is 0.291. The van der Waals surface area contributed by atoms with Crippen molar-refractivity contribution in [3.63, 3.8) is 0 Å². The van der Waals surface area contributed by atoms with Crippen molar-refractivity contribution in [2.75, 3.05) is 5.73 Å². The molecule has 106 valence electrons. The Morgan fingerprint density at radius 1 is 1.25 bits per heavy atom. The Bertz CT molecular complexity index is 586. The van der Waals surface area contributed by atoms with Crippen molar-refractivity contribution in [3.05, 3.63) is 30.2 Å². The highest BCUT2D eigenvalue weighted by Crippen LogP contribution is 2.49. The molecule has 1 fully saturated rings. The molecule has 1 aliphatic carbocycles. The van der Waals surface area contributed by atoms with Crippen molar-refractivity contribution in [1.29, 1.82) is 0 Å². The molecule has 2 aromatic rings. The van der Waals surface area contributed by atoms with Crippen LogP contribution in [0.1, 0.15) is 51.1 Å². The van der Waals surface area contributed by atoms with Crippen LogP contribution >= 0.6 is 0 Å². The van der Waals surface area contributed by atoms with Crippen LogP contribution in [0.5, 0.6) is 0 Å². The number of nitrogens with two attached hydrogens (primary N) is 1. The van der Waals surface area contributed by atoms with Crippen molar-refractivity contribution in [3.8, 4) is 11.1 Å². The van der Waals surface area contributed by atoms with Gasteiger partial charge in [-0.25, -0.2) is 0 Å². The second-order valence-electron chi connectivity index (χ2n) is 6.42. The van der Waals surface area contributed by atoms with Gasteiger partial charge in [-0.05, 0) is 36.0 Å². The number of H-pyrrole nitrogens is 1. The minimum Gasteiger partial charge on any atom is -0.382 e. The van der Waals surface area contributed by atoms with Crippen LogP contribution in [0.15, 0.2) is 24.5 Å². The van der Waals surface area contributed by atoms with Crippen molar-refractivity contribution in [2.24, 2.45) is 5.41 Å². The van der Waals surface area contributed by atoms with E-state index < -0.39 is 0 Å².